The molecule has 2 aromatic heterocycles. The van der Waals surface area contributed by atoms with E-state index in [4.69, 9.17) is 9.73 Å². The van der Waals surface area contributed by atoms with Gasteiger partial charge in [0, 0.05) is 40.8 Å². The number of aliphatic hydroxyl groups excluding tert-OH is 2. The predicted molar refractivity (Wildman–Crippen MR) is 120 cm³/mol. The molecule has 0 bridgehead atoms. The number of para-hydroxylation sites is 1. The minimum absolute atomic E-state index is 0.0631. The lowest BCUT2D eigenvalue weighted by Gasteiger charge is -2.06. The van der Waals surface area contributed by atoms with E-state index in [0.29, 0.717) is 24.4 Å². The highest BCUT2D eigenvalue weighted by atomic mass is 16.5. The first-order valence-electron chi connectivity index (χ1n) is 10.3. The molecule has 0 saturated heterocycles. The molecule has 1 aliphatic rings. The number of methoxy groups -OCH3 is 1. The Bertz CT molecular complexity index is 1350. The number of aryl methyl sites for hydroxylation is 2. The molecule has 3 aromatic rings. The third-order valence-electron chi connectivity index (χ3n) is 5.50. The minimum Gasteiger partial charge on any atom is -0.494 e. The fraction of sp³-hybridized carbons (Fsp3) is 0.292. The Balaban J connectivity index is 1.99. The van der Waals surface area contributed by atoms with E-state index in [0.717, 1.165) is 49.5 Å². The van der Waals surface area contributed by atoms with Crippen molar-refractivity contribution in [1.82, 2.24) is 15.3 Å². The zero-order chi connectivity index (χ0) is 22.0. The zero-order valence-electron chi connectivity index (χ0n) is 18.0. The van der Waals surface area contributed by atoms with E-state index < -0.39 is 0 Å². The van der Waals surface area contributed by atoms with E-state index in [1.165, 1.54) is 0 Å². The second kappa shape index (κ2) is 8.93. The molecular formula is C24H28N4O3. The average molecular weight is 421 g/mol. The number of ether oxygens (including phenoxy) is 1. The van der Waals surface area contributed by atoms with Crippen molar-refractivity contribution in [3.63, 3.8) is 0 Å². The van der Waals surface area contributed by atoms with Crippen LogP contribution in [-0.4, -0.2) is 47.0 Å². The lowest BCUT2D eigenvalue weighted by atomic mass is 10.1. The van der Waals surface area contributed by atoms with Gasteiger partial charge in [-0.3, -0.25) is 0 Å². The summed E-state index contributed by atoms with van der Waals surface area (Å²) in [5, 5.41) is 26.1. The van der Waals surface area contributed by atoms with E-state index >= 15 is 0 Å². The molecule has 1 aromatic carbocycles. The summed E-state index contributed by atoms with van der Waals surface area (Å²) in [7, 11) is 1.61. The smallest absolute Gasteiger partial charge is 0.150 e. The van der Waals surface area contributed by atoms with Crippen LogP contribution in [0.4, 0.5) is 0 Å². The van der Waals surface area contributed by atoms with Crippen molar-refractivity contribution in [2.24, 2.45) is 4.99 Å². The first-order valence-corrected chi connectivity index (χ1v) is 10.3. The number of aliphatic hydroxyl groups is 2. The second-order valence-corrected chi connectivity index (χ2v) is 7.63. The van der Waals surface area contributed by atoms with Crippen LogP contribution in [0.2, 0.25) is 0 Å². The van der Waals surface area contributed by atoms with Crippen LogP contribution in [0.3, 0.4) is 0 Å². The molecular weight excluding hydrogens is 392 g/mol. The summed E-state index contributed by atoms with van der Waals surface area (Å²) in [5.74, 6) is 0.602. The highest BCUT2D eigenvalue weighted by Gasteiger charge is 2.19. The van der Waals surface area contributed by atoms with Gasteiger partial charge in [0.05, 0.1) is 42.1 Å². The van der Waals surface area contributed by atoms with E-state index in [1.807, 2.05) is 37.3 Å². The van der Waals surface area contributed by atoms with Gasteiger partial charge in [-0.1, -0.05) is 18.2 Å². The lowest BCUT2D eigenvalue weighted by molar-refractivity contribution is 0.273. The first kappa shape index (κ1) is 21.1. The van der Waals surface area contributed by atoms with Crippen molar-refractivity contribution in [3.05, 3.63) is 74.1 Å². The van der Waals surface area contributed by atoms with Crippen LogP contribution >= 0.6 is 0 Å². The molecule has 7 nitrogen and oxygen atoms in total. The van der Waals surface area contributed by atoms with Crippen molar-refractivity contribution in [2.45, 2.75) is 20.5 Å². The fourth-order valence-electron chi connectivity index (χ4n) is 4.09. The quantitative estimate of drug-likeness (QED) is 0.331. The number of aromatic nitrogens is 2. The maximum absolute atomic E-state index is 10.2. The average Bonchev–Trinajstić information content (AvgIpc) is 3.40. The van der Waals surface area contributed by atoms with Gasteiger partial charge in [0.15, 0.2) is 0 Å². The van der Waals surface area contributed by atoms with Crippen molar-refractivity contribution in [2.75, 3.05) is 26.8 Å². The molecule has 31 heavy (non-hydrogen) atoms. The molecule has 4 rings (SSSR count). The molecule has 7 heteroatoms. The second-order valence-electron chi connectivity index (χ2n) is 7.63. The number of hydrogen-bond acceptors (Lipinski definition) is 5. The van der Waals surface area contributed by atoms with Gasteiger partial charge in [-0.05, 0) is 37.6 Å². The van der Waals surface area contributed by atoms with Gasteiger partial charge in [0.25, 0.3) is 0 Å². The molecule has 3 heterocycles. The maximum atomic E-state index is 10.2. The van der Waals surface area contributed by atoms with E-state index in [9.17, 15) is 10.2 Å². The van der Waals surface area contributed by atoms with Crippen molar-refractivity contribution in [1.29, 1.82) is 0 Å². The molecule has 0 amide bonds. The topological polar surface area (TPSA) is 106 Å². The van der Waals surface area contributed by atoms with Gasteiger partial charge in [-0.2, -0.15) is 0 Å². The molecule has 0 atom stereocenters. The van der Waals surface area contributed by atoms with E-state index in [2.05, 4.69) is 28.3 Å². The predicted octanol–water partition coefficient (Wildman–Crippen LogP) is -0.536. The number of rotatable bonds is 7. The monoisotopic (exact) mass is 420 g/mol. The molecule has 0 unspecified atom stereocenters. The van der Waals surface area contributed by atoms with Gasteiger partial charge in [0.2, 0.25) is 0 Å². The number of aromatic amines is 2. The fourth-order valence-corrected chi connectivity index (χ4v) is 4.09. The Labute approximate surface area is 180 Å². The van der Waals surface area contributed by atoms with Crippen LogP contribution < -0.4 is 31.3 Å². The number of nitrogens with one attached hydrogen (secondary N) is 3. The van der Waals surface area contributed by atoms with Crippen molar-refractivity contribution < 1.29 is 14.9 Å². The Hall–Kier alpha value is -3.13. The van der Waals surface area contributed by atoms with Crippen LogP contribution in [0.5, 0.6) is 5.75 Å². The maximum Gasteiger partial charge on any atom is 0.150 e. The summed E-state index contributed by atoms with van der Waals surface area (Å²) in [6.07, 6.45) is 2.00. The largest absolute Gasteiger partial charge is 0.494 e. The Morgan fingerprint density at radius 3 is 2.65 bits per heavy atom. The molecule has 5 N–H and O–H groups in total. The standard InChI is InChI=1S/C24H28N4O3/c1-14-10-15(2)26-20(14)11-21-24(31-3)18(13-30)23(28-21)22-17(12-25-8-9-29)16-6-4-5-7-19(16)27-22/h4-7,10-11,25-26,28-30H,8-9,12-13H2,1-3H3. The normalized spacial score (nSPS) is 15.4. The van der Waals surface area contributed by atoms with Gasteiger partial charge < -0.3 is 30.2 Å². The summed E-state index contributed by atoms with van der Waals surface area (Å²) >= 11 is 0. The van der Waals surface area contributed by atoms with Crippen LogP contribution in [0.25, 0.3) is 17.3 Å². The van der Waals surface area contributed by atoms with Crippen LogP contribution in [0, 0.1) is 13.8 Å². The van der Waals surface area contributed by atoms with Crippen LogP contribution in [-0.2, 0) is 6.61 Å². The van der Waals surface area contributed by atoms with Gasteiger partial charge in [0.1, 0.15) is 5.75 Å². The molecule has 0 saturated carbocycles. The third-order valence-corrected chi connectivity index (χ3v) is 5.50. The van der Waals surface area contributed by atoms with Crippen molar-refractivity contribution >= 4 is 17.3 Å². The molecule has 0 spiro atoms. The Morgan fingerprint density at radius 2 is 1.97 bits per heavy atom. The summed E-state index contributed by atoms with van der Waals surface area (Å²) in [6.45, 7) is 4.99. The highest BCUT2D eigenvalue weighted by molar-refractivity contribution is 5.90. The highest BCUT2D eigenvalue weighted by Crippen LogP contribution is 2.17. The summed E-state index contributed by atoms with van der Waals surface area (Å²) < 4.78 is 5.69. The molecule has 0 fully saturated rings. The molecule has 1 aliphatic heterocycles. The number of fused-ring (bicyclic) bond motifs is 1. The molecule has 0 aliphatic carbocycles. The Kier molecular flexibility index (Phi) is 6.08. The third kappa shape index (κ3) is 3.95. The summed E-state index contributed by atoms with van der Waals surface area (Å²) in [4.78, 5) is 11.7. The summed E-state index contributed by atoms with van der Waals surface area (Å²) in [5.41, 5.74) is 5.65. The molecule has 162 valence electrons. The van der Waals surface area contributed by atoms with E-state index in [1.54, 1.807) is 7.11 Å². The SMILES string of the molecule is COc1c(CO)c(=C2N=c3ccccc3=C2CNCCO)[nH]c1=Cc1[nH]c(C)cc1C. The number of hydrogen-bond donors (Lipinski definition) is 5. The number of nitrogens with zero attached hydrogens (tertiary/aromatic N) is 1. The lowest BCUT2D eigenvalue weighted by Crippen LogP contribution is -2.28. The van der Waals surface area contributed by atoms with Gasteiger partial charge in [-0.25, -0.2) is 4.99 Å². The number of H-pyrrole nitrogens is 2. The van der Waals surface area contributed by atoms with Gasteiger partial charge in [-0.15, -0.1) is 0 Å². The van der Waals surface area contributed by atoms with Crippen LogP contribution in [0.1, 0.15) is 22.5 Å². The van der Waals surface area contributed by atoms with Crippen molar-refractivity contribution in [3.8, 4) is 5.75 Å². The van der Waals surface area contributed by atoms with E-state index in [-0.39, 0.29) is 13.2 Å². The first-order chi connectivity index (χ1) is 15.1. The zero-order valence-corrected chi connectivity index (χ0v) is 18.0. The Morgan fingerprint density at radius 1 is 1.16 bits per heavy atom. The number of benzene rings is 1. The summed E-state index contributed by atoms with van der Waals surface area (Å²) in [6, 6.07) is 10.1. The minimum atomic E-state index is -0.182. The van der Waals surface area contributed by atoms with Crippen LogP contribution in [0.15, 0.2) is 35.3 Å². The van der Waals surface area contributed by atoms with Gasteiger partial charge >= 0.3 is 0 Å². The molecule has 0 radical (unpaired) electrons.